The molecule has 2 bridgehead atoms. The highest BCUT2D eigenvalue weighted by Gasteiger charge is 2.50. The Hall–Kier alpha value is -0.290. The van der Waals surface area contributed by atoms with E-state index in [9.17, 15) is 18.6 Å². The summed E-state index contributed by atoms with van der Waals surface area (Å²) in [6.07, 6.45) is -4.28. The third kappa shape index (κ3) is 2.13. The maximum atomic E-state index is 10.6. The molecule has 88 valence electrons. The van der Waals surface area contributed by atoms with E-state index in [-0.39, 0.29) is 6.61 Å². The summed E-state index contributed by atoms with van der Waals surface area (Å²) in [5, 5.41) is 19.0. The highest BCUT2D eigenvalue weighted by Crippen LogP contribution is 2.28. The van der Waals surface area contributed by atoms with Crippen molar-refractivity contribution in [2.45, 2.75) is 30.6 Å². The molecule has 15 heavy (non-hydrogen) atoms. The molecule has 0 aliphatic carbocycles. The summed E-state index contributed by atoms with van der Waals surface area (Å²) in [6.45, 7) is 0.0759. The van der Waals surface area contributed by atoms with Gasteiger partial charge in [-0.2, -0.15) is 13.1 Å². The van der Waals surface area contributed by atoms with Gasteiger partial charge in [-0.3, -0.25) is 4.55 Å². The van der Waals surface area contributed by atoms with E-state index in [1.54, 1.807) is 4.72 Å². The molecule has 2 aliphatic rings. The van der Waals surface area contributed by atoms with E-state index in [1.807, 2.05) is 0 Å². The lowest BCUT2D eigenvalue weighted by atomic mass is 10.00. The third-order valence-electron chi connectivity index (χ3n) is 2.41. The van der Waals surface area contributed by atoms with Gasteiger partial charge in [0.15, 0.2) is 6.29 Å². The van der Waals surface area contributed by atoms with Crippen molar-refractivity contribution >= 4 is 10.3 Å². The highest BCUT2D eigenvalue weighted by molar-refractivity contribution is 7.83. The molecule has 2 heterocycles. The lowest BCUT2D eigenvalue weighted by molar-refractivity contribution is -0.181. The Morgan fingerprint density at radius 3 is 2.53 bits per heavy atom. The van der Waals surface area contributed by atoms with Gasteiger partial charge in [-0.05, 0) is 0 Å². The zero-order chi connectivity index (χ0) is 11.2. The minimum Gasteiger partial charge on any atom is -0.388 e. The third-order valence-corrected chi connectivity index (χ3v) is 2.98. The Morgan fingerprint density at radius 2 is 1.93 bits per heavy atom. The molecular weight excluding hydrogens is 230 g/mol. The van der Waals surface area contributed by atoms with Gasteiger partial charge in [0.05, 0.1) is 6.61 Å². The second-order valence-corrected chi connectivity index (χ2v) is 4.66. The molecule has 2 fully saturated rings. The van der Waals surface area contributed by atoms with Crippen LogP contribution in [0.2, 0.25) is 0 Å². The Balaban J connectivity index is 2.16. The molecule has 4 N–H and O–H groups in total. The standard InChI is InChI=1S/C6H11NO7S/c8-4-2-1-13-6(14-2)3(5(4)9)7-15(10,11)12/h2-9H,1H2,(H,10,11,12)/t2-,3+,4-,5-,6?/m1/s1. The largest absolute Gasteiger partial charge is 0.388 e. The van der Waals surface area contributed by atoms with Crippen molar-refractivity contribution in [3.05, 3.63) is 0 Å². The van der Waals surface area contributed by atoms with Gasteiger partial charge in [-0.1, -0.05) is 0 Å². The molecule has 0 aromatic heterocycles. The molecular formula is C6H11NO7S. The van der Waals surface area contributed by atoms with Crippen molar-refractivity contribution in [2.24, 2.45) is 0 Å². The molecule has 5 atom stereocenters. The van der Waals surface area contributed by atoms with Gasteiger partial charge in [0.2, 0.25) is 0 Å². The molecule has 0 aromatic carbocycles. The fourth-order valence-electron chi connectivity index (χ4n) is 1.70. The molecule has 1 unspecified atom stereocenters. The Morgan fingerprint density at radius 1 is 1.27 bits per heavy atom. The van der Waals surface area contributed by atoms with Crippen molar-refractivity contribution < 1.29 is 32.7 Å². The predicted octanol–water partition coefficient (Wildman–Crippen LogP) is -2.78. The van der Waals surface area contributed by atoms with Gasteiger partial charge in [-0.25, -0.2) is 0 Å². The summed E-state index contributed by atoms with van der Waals surface area (Å²) in [5.41, 5.74) is 0. The lowest BCUT2D eigenvalue weighted by Gasteiger charge is -2.35. The summed E-state index contributed by atoms with van der Waals surface area (Å²) in [7, 11) is -4.49. The molecule has 2 rings (SSSR count). The van der Waals surface area contributed by atoms with Gasteiger partial charge < -0.3 is 19.7 Å². The first-order valence-corrected chi connectivity index (χ1v) is 5.70. The highest BCUT2D eigenvalue weighted by atomic mass is 32.2. The molecule has 9 heteroatoms. The quantitative estimate of drug-likeness (QED) is 0.385. The Kier molecular flexibility index (Phi) is 2.71. The zero-order valence-corrected chi connectivity index (χ0v) is 8.29. The van der Waals surface area contributed by atoms with Crippen LogP contribution in [0.4, 0.5) is 0 Å². The molecule has 0 saturated carbocycles. The van der Waals surface area contributed by atoms with E-state index in [4.69, 9.17) is 14.0 Å². The SMILES string of the molecule is O=S(=O)(O)N[C@@H]1C2OC[C@@H](O2)[C@@H](O)[C@@H]1O. The number of hydrogen-bond donors (Lipinski definition) is 4. The van der Waals surface area contributed by atoms with Crippen molar-refractivity contribution in [2.75, 3.05) is 6.61 Å². The summed E-state index contributed by atoms with van der Waals surface area (Å²) in [6, 6.07) is -1.21. The first-order chi connectivity index (χ1) is 6.88. The number of nitrogens with one attached hydrogen (secondary N) is 1. The molecule has 0 aromatic rings. The van der Waals surface area contributed by atoms with Crippen LogP contribution in [0.1, 0.15) is 0 Å². The summed E-state index contributed by atoms with van der Waals surface area (Å²) >= 11 is 0. The zero-order valence-electron chi connectivity index (χ0n) is 7.48. The minimum absolute atomic E-state index is 0.0759. The van der Waals surface area contributed by atoms with Crippen LogP contribution in [0.3, 0.4) is 0 Å². The number of hydrogen-bond acceptors (Lipinski definition) is 6. The van der Waals surface area contributed by atoms with Crippen LogP contribution in [-0.4, -0.2) is 60.4 Å². The fraction of sp³-hybridized carbons (Fsp3) is 1.00. The molecule has 8 nitrogen and oxygen atoms in total. The number of fused-ring (bicyclic) bond motifs is 2. The molecule has 2 aliphatic heterocycles. The van der Waals surface area contributed by atoms with Gasteiger partial charge in [-0.15, -0.1) is 0 Å². The van der Waals surface area contributed by atoms with Crippen LogP contribution in [0.25, 0.3) is 0 Å². The predicted molar refractivity (Wildman–Crippen MR) is 45.1 cm³/mol. The summed E-state index contributed by atoms with van der Waals surface area (Å²) in [4.78, 5) is 0. The molecule has 0 radical (unpaired) electrons. The van der Waals surface area contributed by atoms with Gasteiger partial charge in [0.1, 0.15) is 24.4 Å². The van der Waals surface area contributed by atoms with Crippen LogP contribution in [0.15, 0.2) is 0 Å². The van der Waals surface area contributed by atoms with E-state index in [2.05, 4.69) is 0 Å². The van der Waals surface area contributed by atoms with Crippen molar-refractivity contribution in [3.63, 3.8) is 0 Å². The van der Waals surface area contributed by atoms with Gasteiger partial charge >= 0.3 is 10.3 Å². The number of aliphatic hydroxyl groups excluding tert-OH is 2. The lowest BCUT2D eigenvalue weighted by Crippen LogP contribution is -2.60. The van der Waals surface area contributed by atoms with Crippen LogP contribution < -0.4 is 4.72 Å². The molecule has 0 spiro atoms. The average molecular weight is 241 g/mol. The van der Waals surface area contributed by atoms with Gasteiger partial charge in [0, 0.05) is 0 Å². The maximum Gasteiger partial charge on any atom is 0.333 e. The van der Waals surface area contributed by atoms with Crippen LogP contribution in [-0.2, 0) is 19.8 Å². The summed E-state index contributed by atoms with van der Waals surface area (Å²) in [5.74, 6) is 0. The monoisotopic (exact) mass is 241 g/mol. The smallest absolute Gasteiger partial charge is 0.333 e. The van der Waals surface area contributed by atoms with E-state index in [0.29, 0.717) is 0 Å². The second-order valence-electron chi connectivity index (χ2n) is 3.48. The first-order valence-electron chi connectivity index (χ1n) is 4.26. The fourth-order valence-corrected chi connectivity index (χ4v) is 2.29. The number of ether oxygens (including phenoxy) is 2. The Bertz CT molecular complexity index is 343. The Labute approximate surface area is 85.7 Å². The van der Waals surface area contributed by atoms with Crippen LogP contribution in [0.5, 0.6) is 0 Å². The summed E-state index contributed by atoms with van der Waals surface area (Å²) < 4.78 is 41.5. The first kappa shape index (κ1) is 11.2. The minimum atomic E-state index is -4.49. The maximum absolute atomic E-state index is 10.6. The van der Waals surface area contributed by atoms with Crippen molar-refractivity contribution in [3.8, 4) is 0 Å². The number of aliphatic hydroxyl groups is 2. The normalized spacial score (nSPS) is 45.7. The second kappa shape index (κ2) is 3.63. The molecule has 2 saturated heterocycles. The topological polar surface area (TPSA) is 125 Å². The number of rotatable bonds is 2. The van der Waals surface area contributed by atoms with Crippen molar-refractivity contribution in [1.82, 2.24) is 4.72 Å². The average Bonchev–Trinajstić information content (AvgIpc) is 2.54. The van der Waals surface area contributed by atoms with E-state index >= 15 is 0 Å². The van der Waals surface area contributed by atoms with E-state index in [0.717, 1.165) is 0 Å². The molecule has 0 amide bonds. The van der Waals surface area contributed by atoms with Crippen LogP contribution >= 0.6 is 0 Å². The van der Waals surface area contributed by atoms with Crippen LogP contribution in [0, 0.1) is 0 Å². The van der Waals surface area contributed by atoms with Crippen molar-refractivity contribution in [1.29, 1.82) is 0 Å². The van der Waals surface area contributed by atoms with E-state index < -0.39 is 40.9 Å². The van der Waals surface area contributed by atoms with Gasteiger partial charge in [0.25, 0.3) is 0 Å². The van der Waals surface area contributed by atoms with E-state index in [1.165, 1.54) is 0 Å².